The molecule has 2 unspecified atom stereocenters. The van der Waals surface area contributed by atoms with E-state index in [-0.39, 0.29) is 11.3 Å². The largest absolute Gasteiger partial charge is 0.466 e. The number of ether oxygens (including phenoxy) is 2. The molecule has 2 atom stereocenters. The lowest BCUT2D eigenvalue weighted by atomic mass is 9.70. The number of carbonyl (C=O) groups excluding carboxylic acids is 2. The Bertz CT molecular complexity index is 1230. The number of azo groups is 1. The topological polar surface area (TPSA) is 85.3 Å². The summed E-state index contributed by atoms with van der Waals surface area (Å²) >= 11 is 6.94. The Kier molecular flexibility index (Phi) is 5.76. The van der Waals surface area contributed by atoms with Crippen LogP contribution in [0.3, 0.4) is 0 Å². The van der Waals surface area contributed by atoms with Crippen molar-refractivity contribution in [2.45, 2.75) is 36.9 Å². The first-order chi connectivity index (χ1) is 16.4. The van der Waals surface area contributed by atoms with Gasteiger partial charge in [-0.15, -0.1) is 4.81 Å². The molecular formula is C24H22Br2N4O4. The van der Waals surface area contributed by atoms with Gasteiger partial charge in [-0.3, -0.25) is 0 Å². The summed E-state index contributed by atoms with van der Waals surface area (Å²) in [5.74, 6) is -1.23. The van der Waals surface area contributed by atoms with Gasteiger partial charge in [-0.1, -0.05) is 44.7 Å². The van der Waals surface area contributed by atoms with Crippen molar-refractivity contribution in [3.63, 3.8) is 0 Å². The number of benzene rings is 2. The number of hydrogen-bond acceptors (Lipinski definition) is 6. The predicted octanol–water partition coefficient (Wildman–Crippen LogP) is 5.74. The molecule has 0 saturated heterocycles. The Morgan fingerprint density at radius 3 is 2.15 bits per heavy atom. The van der Waals surface area contributed by atoms with Gasteiger partial charge in [-0.25, -0.2) is 9.59 Å². The highest BCUT2D eigenvalue weighted by molar-refractivity contribution is 9.10. The first-order valence-electron chi connectivity index (χ1n) is 10.9. The van der Waals surface area contributed by atoms with Crippen LogP contribution in [0.15, 0.2) is 73.9 Å². The van der Waals surface area contributed by atoms with Crippen LogP contribution in [0.4, 0.5) is 11.4 Å². The average Bonchev–Trinajstić information content (AvgIpc) is 3.32. The van der Waals surface area contributed by atoms with Crippen molar-refractivity contribution >= 4 is 55.2 Å². The maximum absolute atomic E-state index is 13.3. The molecule has 0 amide bonds. The average molecular weight is 590 g/mol. The third kappa shape index (κ3) is 3.22. The van der Waals surface area contributed by atoms with E-state index in [1.165, 1.54) is 14.2 Å². The van der Waals surface area contributed by atoms with Gasteiger partial charge in [0.1, 0.15) is 11.4 Å². The van der Waals surface area contributed by atoms with Gasteiger partial charge in [0.15, 0.2) is 0 Å². The van der Waals surface area contributed by atoms with E-state index in [2.05, 4.69) is 31.9 Å². The van der Waals surface area contributed by atoms with Crippen LogP contribution in [-0.2, 0) is 19.1 Å². The zero-order valence-corrected chi connectivity index (χ0v) is 21.8. The Morgan fingerprint density at radius 1 is 0.941 bits per heavy atom. The first-order valence-corrected chi connectivity index (χ1v) is 12.4. The SMILES string of the molecule is COC(=O)C1=C(C(=O)OC)C23CCCCC2([N-][N+](c2ccc(Br)cc2)=N3)N1c1ccc(Br)cc1. The van der Waals surface area contributed by atoms with Gasteiger partial charge >= 0.3 is 11.9 Å². The highest BCUT2D eigenvalue weighted by Gasteiger charge is 2.69. The molecule has 0 radical (unpaired) electrons. The summed E-state index contributed by atoms with van der Waals surface area (Å²) in [7, 11) is 2.62. The predicted molar refractivity (Wildman–Crippen MR) is 131 cm³/mol. The van der Waals surface area contributed by atoms with Crippen molar-refractivity contribution in [1.82, 2.24) is 0 Å². The smallest absolute Gasteiger partial charge is 0.355 e. The summed E-state index contributed by atoms with van der Waals surface area (Å²) in [6, 6.07) is 15.2. The van der Waals surface area contributed by atoms with Crippen LogP contribution in [0.25, 0.3) is 5.43 Å². The van der Waals surface area contributed by atoms with E-state index >= 15 is 0 Å². The van der Waals surface area contributed by atoms with Gasteiger partial charge in [0.2, 0.25) is 5.69 Å². The standard InChI is InChI=1S/C24H22Br2N4O4/c1-33-21(31)19-20(22(32)34-2)29(17-9-5-15(25)6-10-17)24-14-4-3-13-23(19,24)27-30(28-24)18-11-7-16(26)8-12-18/h5-12H,3-4,13-14H2,1-2H3. The molecule has 2 heterocycles. The number of anilines is 1. The summed E-state index contributed by atoms with van der Waals surface area (Å²) in [5, 5.41) is 5.04. The summed E-state index contributed by atoms with van der Waals surface area (Å²) in [5.41, 5.74) is 4.80. The van der Waals surface area contributed by atoms with E-state index in [1.54, 1.807) is 4.81 Å². The van der Waals surface area contributed by atoms with Crippen molar-refractivity contribution in [1.29, 1.82) is 0 Å². The zero-order chi connectivity index (χ0) is 24.1. The monoisotopic (exact) mass is 588 g/mol. The minimum Gasteiger partial charge on any atom is -0.466 e. The maximum Gasteiger partial charge on any atom is 0.355 e. The second kappa shape index (κ2) is 8.49. The van der Waals surface area contributed by atoms with Gasteiger partial charge < -0.3 is 14.4 Å². The lowest BCUT2D eigenvalue weighted by Crippen LogP contribution is -2.58. The Hall–Kier alpha value is -2.72. The lowest BCUT2D eigenvalue weighted by Gasteiger charge is -2.49. The fourth-order valence-corrected chi connectivity index (χ4v) is 5.78. The molecule has 1 aliphatic carbocycles. The van der Waals surface area contributed by atoms with Gasteiger partial charge in [-0.05, 0) is 49.2 Å². The van der Waals surface area contributed by atoms with Gasteiger partial charge in [-0.2, -0.15) is 10.5 Å². The summed E-state index contributed by atoms with van der Waals surface area (Å²) in [6.07, 6.45) is 2.84. The molecule has 2 aromatic carbocycles. The van der Waals surface area contributed by atoms with Crippen LogP contribution < -0.4 is 4.90 Å². The molecule has 1 saturated carbocycles. The van der Waals surface area contributed by atoms with Crippen LogP contribution in [-0.4, -0.2) is 42.2 Å². The second-order valence-corrected chi connectivity index (χ2v) is 10.2. The molecule has 1 fully saturated rings. The lowest BCUT2D eigenvalue weighted by molar-refractivity contribution is -0.456. The molecule has 5 rings (SSSR count). The first kappa shape index (κ1) is 23.0. The number of hydrogen-bond donors (Lipinski definition) is 0. The third-order valence-electron chi connectivity index (χ3n) is 6.66. The molecule has 2 aromatic rings. The van der Waals surface area contributed by atoms with Crippen molar-refractivity contribution in [2.24, 2.45) is 5.11 Å². The molecule has 176 valence electrons. The molecular weight excluding hydrogens is 568 g/mol. The normalized spacial score (nSPS) is 25.3. The van der Waals surface area contributed by atoms with Crippen molar-refractivity contribution < 1.29 is 23.9 Å². The molecule has 0 aromatic heterocycles. The van der Waals surface area contributed by atoms with E-state index in [1.807, 2.05) is 53.4 Å². The summed E-state index contributed by atoms with van der Waals surface area (Å²) in [6.45, 7) is 0. The van der Waals surface area contributed by atoms with Crippen molar-refractivity contribution in [2.75, 3.05) is 19.1 Å². The van der Waals surface area contributed by atoms with Gasteiger partial charge in [0.05, 0.1) is 25.3 Å². The van der Waals surface area contributed by atoms with E-state index in [9.17, 15) is 9.59 Å². The second-order valence-electron chi connectivity index (χ2n) is 8.37. The van der Waals surface area contributed by atoms with E-state index in [4.69, 9.17) is 20.0 Å². The van der Waals surface area contributed by atoms with E-state index < -0.39 is 23.1 Å². The zero-order valence-electron chi connectivity index (χ0n) is 18.6. The molecule has 3 aliphatic rings. The highest BCUT2D eigenvalue weighted by Crippen LogP contribution is 2.63. The number of methoxy groups -OCH3 is 2. The van der Waals surface area contributed by atoms with Crippen LogP contribution in [0, 0.1) is 0 Å². The Balaban J connectivity index is 1.80. The summed E-state index contributed by atoms with van der Waals surface area (Å²) in [4.78, 5) is 29.9. The minimum atomic E-state index is -1.10. The number of rotatable bonds is 4. The molecule has 8 nitrogen and oxygen atoms in total. The molecule has 2 aliphatic heterocycles. The van der Waals surface area contributed by atoms with Crippen molar-refractivity contribution in [3.05, 3.63) is 74.2 Å². The maximum atomic E-state index is 13.3. The number of nitrogens with zero attached hydrogens (tertiary/aromatic N) is 4. The van der Waals surface area contributed by atoms with E-state index in [0.717, 1.165) is 27.5 Å². The molecule has 34 heavy (non-hydrogen) atoms. The molecule has 0 bridgehead atoms. The number of carbonyl (C=O) groups is 2. The van der Waals surface area contributed by atoms with Crippen LogP contribution >= 0.6 is 31.9 Å². The fraction of sp³-hybridized carbons (Fsp3) is 0.333. The summed E-state index contributed by atoms with van der Waals surface area (Å²) < 4.78 is 12.2. The Labute approximate surface area is 213 Å². The van der Waals surface area contributed by atoms with Gasteiger partial charge in [0, 0.05) is 26.8 Å². The molecule has 0 N–H and O–H groups in total. The van der Waals surface area contributed by atoms with Crippen LogP contribution in [0.2, 0.25) is 0 Å². The molecule has 10 heteroatoms. The minimum absolute atomic E-state index is 0.126. The third-order valence-corrected chi connectivity index (χ3v) is 7.71. The van der Waals surface area contributed by atoms with E-state index in [0.29, 0.717) is 18.5 Å². The number of halogens is 2. The van der Waals surface area contributed by atoms with Crippen LogP contribution in [0.1, 0.15) is 25.7 Å². The van der Waals surface area contributed by atoms with Gasteiger partial charge in [0.25, 0.3) is 0 Å². The number of esters is 2. The highest BCUT2D eigenvalue weighted by atomic mass is 79.9. The molecule has 0 spiro atoms. The van der Waals surface area contributed by atoms with Crippen LogP contribution in [0.5, 0.6) is 0 Å². The fourth-order valence-electron chi connectivity index (χ4n) is 5.25. The quantitative estimate of drug-likeness (QED) is 0.335. The van der Waals surface area contributed by atoms with Crippen molar-refractivity contribution in [3.8, 4) is 0 Å². The Morgan fingerprint density at radius 2 is 1.53 bits per heavy atom.